The minimum absolute atomic E-state index is 0.132. The third kappa shape index (κ3) is 2.48. The molecule has 0 saturated heterocycles. The van der Waals surface area contributed by atoms with E-state index in [0.717, 1.165) is 10.8 Å². The van der Waals surface area contributed by atoms with Crippen LogP contribution in [0.1, 0.15) is 15.9 Å². The van der Waals surface area contributed by atoms with Crippen LogP contribution < -0.4 is 4.74 Å². The molecule has 0 spiro atoms. The van der Waals surface area contributed by atoms with Gasteiger partial charge in [0, 0.05) is 28.4 Å². The molecule has 0 aliphatic rings. The zero-order chi connectivity index (χ0) is 14.8. The molecule has 0 N–H and O–H groups in total. The lowest BCUT2D eigenvalue weighted by Crippen LogP contribution is -2.05. The van der Waals surface area contributed by atoms with Crippen molar-refractivity contribution in [1.29, 1.82) is 0 Å². The van der Waals surface area contributed by atoms with Crippen LogP contribution >= 0.6 is 11.6 Å². The number of methoxy groups -OCH3 is 1. The lowest BCUT2D eigenvalue weighted by Gasteiger charge is -2.10. The van der Waals surface area contributed by atoms with Crippen LogP contribution in [0.4, 0.5) is 0 Å². The Hall–Kier alpha value is -2.39. The normalized spacial score (nSPS) is 10.6. The standard InChI is InChI=1S/C17H12ClNO2/c1-21-16-6-5-12(18)9-14(16)17(20)13-4-2-3-11-7-8-19-10-15(11)13/h2-10H,1H3. The van der Waals surface area contributed by atoms with E-state index in [2.05, 4.69) is 4.98 Å². The molecule has 0 fully saturated rings. The molecule has 1 aromatic heterocycles. The fourth-order valence-electron chi connectivity index (χ4n) is 2.31. The molecular weight excluding hydrogens is 286 g/mol. The van der Waals surface area contributed by atoms with E-state index < -0.39 is 0 Å². The van der Waals surface area contributed by atoms with E-state index >= 15 is 0 Å². The number of aromatic nitrogens is 1. The van der Waals surface area contributed by atoms with Gasteiger partial charge in [-0.25, -0.2) is 0 Å². The van der Waals surface area contributed by atoms with Crippen LogP contribution in [0, 0.1) is 0 Å². The summed E-state index contributed by atoms with van der Waals surface area (Å²) >= 11 is 6.00. The van der Waals surface area contributed by atoms with E-state index in [1.54, 1.807) is 36.7 Å². The van der Waals surface area contributed by atoms with Crippen molar-refractivity contribution in [2.75, 3.05) is 7.11 Å². The van der Waals surface area contributed by atoms with Gasteiger partial charge in [-0.1, -0.05) is 29.8 Å². The summed E-state index contributed by atoms with van der Waals surface area (Å²) in [6.07, 6.45) is 3.40. The van der Waals surface area contributed by atoms with Crippen molar-refractivity contribution in [3.8, 4) is 5.75 Å². The molecule has 0 amide bonds. The molecule has 0 unspecified atom stereocenters. The Morgan fingerprint density at radius 2 is 2.00 bits per heavy atom. The Kier molecular flexibility index (Phi) is 3.59. The highest BCUT2D eigenvalue weighted by Gasteiger charge is 2.17. The van der Waals surface area contributed by atoms with Crippen LogP contribution in [0.2, 0.25) is 5.02 Å². The van der Waals surface area contributed by atoms with Crippen LogP contribution in [-0.4, -0.2) is 17.9 Å². The summed E-state index contributed by atoms with van der Waals surface area (Å²) in [4.78, 5) is 16.9. The average molecular weight is 298 g/mol. The zero-order valence-electron chi connectivity index (χ0n) is 11.3. The van der Waals surface area contributed by atoms with Gasteiger partial charge in [0.05, 0.1) is 12.7 Å². The molecule has 0 aliphatic carbocycles. The summed E-state index contributed by atoms with van der Waals surface area (Å²) in [7, 11) is 1.53. The van der Waals surface area contributed by atoms with Crippen molar-refractivity contribution in [1.82, 2.24) is 4.98 Å². The van der Waals surface area contributed by atoms with Gasteiger partial charge in [0.15, 0.2) is 5.78 Å². The Bertz CT molecular complexity index is 825. The van der Waals surface area contributed by atoms with Crippen molar-refractivity contribution in [2.45, 2.75) is 0 Å². The number of rotatable bonds is 3. The first-order valence-corrected chi connectivity index (χ1v) is 6.79. The van der Waals surface area contributed by atoms with Crippen molar-refractivity contribution in [3.63, 3.8) is 0 Å². The number of pyridine rings is 1. The predicted molar refractivity (Wildman–Crippen MR) is 83.2 cm³/mol. The molecule has 0 bridgehead atoms. The fraction of sp³-hybridized carbons (Fsp3) is 0.0588. The van der Waals surface area contributed by atoms with Crippen LogP contribution in [0.15, 0.2) is 54.9 Å². The summed E-state index contributed by atoms with van der Waals surface area (Å²) in [5, 5.41) is 2.28. The number of nitrogens with zero attached hydrogens (tertiary/aromatic N) is 1. The number of benzene rings is 2. The molecule has 3 aromatic rings. The highest BCUT2D eigenvalue weighted by atomic mass is 35.5. The Morgan fingerprint density at radius 1 is 1.14 bits per heavy atom. The Labute approximate surface area is 127 Å². The summed E-state index contributed by atoms with van der Waals surface area (Å²) in [6.45, 7) is 0. The lowest BCUT2D eigenvalue weighted by molar-refractivity contribution is 0.103. The van der Waals surface area contributed by atoms with Crippen LogP contribution in [0.25, 0.3) is 10.8 Å². The third-order valence-corrected chi connectivity index (χ3v) is 3.57. The minimum Gasteiger partial charge on any atom is -0.496 e. The molecule has 104 valence electrons. The van der Waals surface area contributed by atoms with Gasteiger partial charge >= 0.3 is 0 Å². The monoisotopic (exact) mass is 297 g/mol. The largest absolute Gasteiger partial charge is 0.496 e. The number of carbonyl (C=O) groups excluding carboxylic acids is 1. The number of carbonyl (C=O) groups is 1. The van der Waals surface area contributed by atoms with Crippen molar-refractivity contribution >= 4 is 28.2 Å². The molecule has 4 heteroatoms. The maximum atomic E-state index is 12.8. The van der Waals surface area contributed by atoms with Gasteiger partial charge in [-0.15, -0.1) is 0 Å². The number of hydrogen-bond acceptors (Lipinski definition) is 3. The fourth-order valence-corrected chi connectivity index (χ4v) is 2.49. The van der Waals surface area contributed by atoms with Crippen molar-refractivity contribution in [3.05, 3.63) is 71.0 Å². The van der Waals surface area contributed by atoms with E-state index in [4.69, 9.17) is 16.3 Å². The quantitative estimate of drug-likeness (QED) is 0.682. The second kappa shape index (κ2) is 5.54. The Balaban J connectivity index is 2.20. The molecule has 0 radical (unpaired) electrons. The second-order valence-corrected chi connectivity index (χ2v) is 5.01. The third-order valence-electron chi connectivity index (χ3n) is 3.33. The van der Waals surface area contributed by atoms with E-state index in [9.17, 15) is 4.79 Å². The highest BCUT2D eigenvalue weighted by molar-refractivity contribution is 6.31. The summed E-state index contributed by atoms with van der Waals surface area (Å²) in [5.41, 5.74) is 1.03. The van der Waals surface area contributed by atoms with Crippen LogP contribution in [0.5, 0.6) is 5.75 Å². The van der Waals surface area contributed by atoms with E-state index in [-0.39, 0.29) is 5.78 Å². The van der Waals surface area contributed by atoms with Crippen molar-refractivity contribution in [2.24, 2.45) is 0 Å². The van der Waals surface area contributed by atoms with Gasteiger partial charge < -0.3 is 4.74 Å². The Morgan fingerprint density at radius 3 is 2.81 bits per heavy atom. The summed E-state index contributed by atoms with van der Waals surface area (Å²) in [5.74, 6) is 0.373. The molecule has 1 heterocycles. The highest BCUT2D eigenvalue weighted by Crippen LogP contribution is 2.27. The van der Waals surface area contributed by atoms with E-state index in [0.29, 0.717) is 21.9 Å². The molecular formula is C17H12ClNO2. The number of halogens is 1. The lowest BCUT2D eigenvalue weighted by atomic mass is 9.98. The molecule has 0 saturated carbocycles. The number of ketones is 1. The van der Waals surface area contributed by atoms with E-state index in [1.165, 1.54) is 7.11 Å². The molecule has 3 rings (SSSR count). The molecule has 0 aliphatic heterocycles. The van der Waals surface area contributed by atoms with Crippen LogP contribution in [-0.2, 0) is 0 Å². The van der Waals surface area contributed by atoms with Gasteiger partial charge in [-0.05, 0) is 29.7 Å². The topological polar surface area (TPSA) is 39.2 Å². The van der Waals surface area contributed by atoms with Crippen molar-refractivity contribution < 1.29 is 9.53 Å². The summed E-state index contributed by atoms with van der Waals surface area (Å²) in [6, 6.07) is 12.5. The smallest absolute Gasteiger partial charge is 0.197 e. The van der Waals surface area contributed by atoms with Gasteiger partial charge in [-0.2, -0.15) is 0 Å². The van der Waals surface area contributed by atoms with Gasteiger partial charge in [0.25, 0.3) is 0 Å². The van der Waals surface area contributed by atoms with Gasteiger partial charge in [0.2, 0.25) is 0 Å². The number of ether oxygens (including phenoxy) is 1. The molecule has 2 aromatic carbocycles. The predicted octanol–water partition coefficient (Wildman–Crippen LogP) is 4.13. The summed E-state index contributed by atoms with van der Waals surface area (Å²) < 4.78 is 5.26. The number of hydrogen-bond donors (Lipinski definition) is 0. The maximum Gasteiger partial charge on any atom is 0.197 e. The SMILES string of the molecule is COc1ccc(Cl)cc1C(=O)c1cccc2ccncc12. The maximum absolute atomic E-state index is 12.8. The first-order chi connectivity index (χ1) is 10.2. The molecule has 0 atom stereocenters. The molecule has 3 nitrogen and oxygen atoms in total. The van der Waals surface area contributed by atoms with Gasteiger partial charge in [0.1, 0.15) is 5.75 Å². The average Bonchev–Trinajstić information content (AvgIpc) is 2.53. The first-order valence-electron chi connectivity index (χ1n) is 6.41. The minimum atomic E-state index is -0.132. The zero-order valence-corrected chi connectivity index (χ0v) is 12.1. The second-order valence-electron chi connectivity index (χ2n) is 4.58. The van der Waals surface area contributed by atoms with Gasteiger partial charge in [-0.3, -0.25) is 9.78 Å². The van der Waals surface area contributed by atoms with E-state index in [1.807, 2.05) is 18.2 Å². The van der Waals surface area contributed by atoms with Crippen LogP contribution in [0.3, 0.4) is 0 Å². The first kappa shape index (κ1) is 13.6. The molecule has 21 heavy (non-hydrogen) atoms. The number of fused-ring (bicyclic) bond motifs is 1.